The van der Waals surface area contributed by atoms with Crippen molar-refractivity contribution < 1.29 is 9.84 Å². The van der Waals surface area contributed by atoms with Crippen LogP contribution in [0.1, 0.15) is 57.7 Å². The Bertz CT molecular complexity index is 384. The number of hydrogen-bond acceptors (Lipinski definition) is 3. The molecule has 0 radical (unpaired) electrons. The van der Waals surface area contributed by atoms with Crippen molar-refractivity contribution in [3.63, 3.8) is 0 Å². The molecule has 0 saturated heterocycles. The number of aliphatic hydroxyl groups excluding tert-OH is 1. The van der Waals surface area contributed by atoms with Crippen LogP contribution in [-0.2, 0) is 24.1 Å². The van der Waals surface area contributed by atoms with Crippen molar-refractivity contribution >= 4 is 0 Å². The molecule has 0 aliphatic heterocycles. The first-order valence-corrected chi connectivity index (χ1v) is 7.35. The lowest BCUT2D eigenvalue weighted by Gasteiger charge is -2.11. The Hall–Kier alpha value is -0.870. The second-order valence-electron chi connectivity index (χ2n) is 5.38. The standard InChI is InChI=1S/C15H28N2O2/c1-6-13-15(12(5)18)14(7-2)17(16-13)8-9-19-10-11(3)4/h11-12,18H,6-10H2,1-5H3. The van der Waals surface area contributed by atoms with Gasteiger partial charge in [0.05, 0.1) is 24.9 Å². The zero-order chi connectivity index (χ0) is 14.4. The van der Waals surface area contributed by atoms with Gasteiger partial charge >= 0.3 is 0 Å². The molecular formula is C15H28N2O2. The summed E-state index contributed by atoms with van der Waals surface area (Å²) in [5, 5.41) is 14.5. The molecule has 1 atom stereocenters. The Labute approximate surface area is 116 Å². The van der Waals surface area contributed by atoms with E-state index < -0.39 is 6.10 Å². The van der Waals surface area contributed by atoms with E-state index in [0.29, 0.717) is 12.5 Å². The van der Waals surface area contributed by atoms with Crippen LogP contribution in [0, 0.1) is 5.92 Å². The SMILES string of the molecule is CCc1nn(CCOCC(C)C)c(CC)c1C(C)O. The van der Waals surface area contributed by atoms with Gasteiger partial charge in [0.1, 0.15) is 0 Å². The molecule has 0 aromatic carbocycles. The first-order chi connectivity index (χ1) is 9.01. The molecule has 0 spiro atoms. The van der Waals surface area contributed by atoms with Gasteiger partial charge in [0.25, 0.3) is 0 Å². The van der Waals surface area contributed by atoms with Crippen molar-refractivity contribution in [2.24, 2.45) is 5.92 Å². The van der Waals surface area contributed by atoms with Gasteiger partial charge in [-0.05, 0) is 25.7 Å². The number of rotatable bonds is 8. The molecule has 1 aromatic rings. The van der Waals surface area contributed by atoms with E-state index in [4.69, 9.17) is 4.74 Å². The molecular weight excluding hydrogens is 240 g/mol. The number of aryl methyl sites for hydroxylation is 1. The van der Waals surface area contributed by atoms with Gasteiger partial charge in [-0.2, -0.15) is 5.10 Å². The summed E-state index contributed by atoms with van der Waals surface area (Å²) in [5.41, 5.74) is 3.16. The number of nitrogens with zero attached hydrogens (tertiary/aromatic N) is 2. The van der Waals surface area contributed by atoms with Crippen LogP contribution in [-0.4, -0.2) is 28.1 Å². The van der Waals surface area contributed by atoms with Crippen LogP contribution >= 0.6 is 0 Å². The summed E-state index contributed by atoms with van der Waals surface area (Å²) in [6, 6.07) is 0. The second kappa shape index (κ2) is 7.65. The van der Waals surface area contributed by atoms with Gasteiger partial charge in [-0.15, -0.1) is 0 Å². The zero-order valence-corrected chi connectivity index (χ0v) is 12.9. The second-order valence-corrected chi connectivity index (χ2v) is 5.38. The number of ether oxygens (including phenoxy) is 1. The van der Waals surface area contributed by atoms with E-state index in [-0.39, 0.29) is 0 Å². The molecule has 4 heteroatoms. The van der Waals surface area contributed by atoms with Gasteiger partial charge in [0.2, 0.25) is 0 Å². The van der Waals surface area contributed by atoms with Crippen LogP contribution in [0.5, 0.6) is 0 Å². The van der Waals surface area contributed by atoms with Crippen molar-refractivity contribution in [2.75, 3.05) is 13.2 Å². The lowest BCUT2D eigenvalue weighted by atomic mass is 10.0. The quantitative estimate of drug-likeness (QED) is 0.737. The van der Waals surface area contributed by atoms with Crippen LogP contribution in [0.25, 0.3) is 0 Å². The van der Waals surface area contributed by atoms with E-state index in [2.05, 4.69) is 32.8 Å². The average Bonchev–Trinajstić information content (AvgIpc) is 2.72. The van der Waals surface area contributed by atoms with Crippen molar-refractivity contribution in [1.82, 2.24) is 9.78 Å². The third kappa shape index (κ3) is 4.32. The number of hydrogen-bond donors (Lipinski definition) is 1. The van der Waals surface area contributed by atoms with Crippen molar-refractivity contribution in [1.29, 1.82) is 0 Å². The van der Waals surface area contributed by atoms with E-state index in [1.807, 2.05) is 11.6 Å². The number of aromatic nitrogens is 2. The van der Waals surface area contributed by atoms with Gasteiger partial charge in [-0.25, -0.2) is 0 Å². The molecule has 0 fully saturated rings. The van der Waals surface area contributed by atoms with Crippen molar-refractivity contribution in [3.8, 4) is 0 Å². The van der Waals surface area contributed by atoms with Gasteiger partial charge in [-0.3, -0.25) is 4.68 Å². The van der Waals surface area contributed by atoms with Gasteiger partial charge in [0.15, 0.2) is 0 Å². The van der Waals surface area contributed by atoms with Gasteiger partial charge in [0, 0.05) is 17.9 Å². The third-order valence-corrected chi connectivity index (χ3v) is 3.16. The van der Waals surface area contributed by atoms with E-state index >= 15 is 0 Å². The fourth-order valence-corrected chi connectivity index (χ4v) is 2.34. The summed E-state index contributed by atoms with van der Waals surface area (Å²) >= 11 is 0. The molecule has 1 unspecified atom stereocenters. The van der Waals surface area contributed by atoms with Crippen molar-refractivity contribution in [2.45, 2.75) is 60.1 Å². The van der Waals surface area contributed by atoms with Crippen LogP contribution < -0.4 is 0 Å². The summed E-state index contributed by atoms with van der Waals surface area (Å²) in [6.07, 6.45) is 1.29. The van der Waals surface area contributed by atoms with Crippen molar-refractivity contribution in [3.05, 3.63) is 17.0 Å². The summed E-state index contributed by atoms with van der Waals surface area (Å²) < 4.78 is 7.62. The topological polar surface area (TPSA) is 47.3 Å². The fourth-order valence-electron chi connectivity index (χ4n) is 2.34. The van der Waals surface area contributed by atoms with Crippen LogP contribution in [0.15, 0.2) is 0 Å². The largest absolute Gasteiger partial charge is 0.389 e. The van der Waals surface area contributed by atoms with Crippen LogP contribution in [0.4, 0.5) is 0 Å². The monoisotopic (exact) mass is 268 g/mol. The van der Waals surface area contributed by atoms with Crippen LogP contribution in [0.3, 0.4) is 0 Å². The van der Waals surface area contributed by atoms with Crippen LogP contribution in [0.2, 0.25) is 0 Å². The fraction of sp³-hybridized carbons (Fsp3) is 0.800. The van der Waals surface area contributed by atoms with E-state index in [1.165, 1.54) is 0 Å². The van der Waals surface area contributed by atoms with Gasteiger partial charge in [-0.1, -0.05) is 27.7 Å². The highest BCUT2D eigenvalue weighted by Crippen LogP contribution is 2.23. The predicted octanol–water partition coefficient (Wildman–Crippen LogP) is 2.73. The minimum atomic E-state index is -0.449. The van der Waals surface area contributed by atoms with E-state index in [9.17, 15) is 5.11 Å². The molecule has 0 saturated carbocycles. The average molecular weight is 268 g/mol. The predicted molar refractivity (Wildman–Crippen MR) is 77.3 cm³/mol. The molecule has 19 heavy (non-hydrogen) atoms. The number of aliphatic hydroxyl groups is 1. The summed E-state index contributed by atoms with van der Waals surface area (Å²) in [6.45, 7) is 12.5. The Balaban J connectivity index is 2.77. The minimum Gasteiger partial charge on any atom is -0.389 e. The van der Waals surface area contributed by atoms with E-state index in [1.54, 1.807) is 0 Å². The maximum absolute atomic E-state index is 9.92. The normalized spacial score (nSPS) is 13.2. The Kier molecular flexibility index (Phi) is 6.52. The summed E-state index contributed by atoms with van der Waals surface area (Å²) in [5.74, 6) is 0.558. The maximum Gasteiger partial charge on any atom is 0.0798 e. The Morgan fingerprint density at radius 1 is 1.21 bits per heavy atom. The first kappa shape index (κ1) is 16.2. The molecule has 1 heterocycles. The molecule has 0 aliphatic carbocycles. The molecule has 1 N–H and O–H groups in total. The minimum absolute atomic E-state index is 0.449. The molecule has 110 valence electrons. The lowest BCUT2D eigenvalue weighted by molar-refractivity contribution is 0.100. The highest BCUT2D eigenvalue weighted by molar-refractivity contribution is 5.28. The molecule has 1 rings (SSSR count). The Morgan fingerprint density at radius 3 is 2.37 bits per heavy atom. The van der Waals surface area contributed by atoms with E-state index in [0.717, 1.165) is 42.9 Å². The molecule has 0 bridgehead atoms. The summed E-state index contributed by atoms with van der Waals surface area (Å²) in [7, 11) is 0. The lowest BCUT2D eigenvalue weighted by Crippen LogP contribution is -2.13. The molecule has 0 aliphatic rings. The molecule has 1 aromatic heterocycles. The maximum atomic E-state index is 9.92. The molecule has 4 nitrogen and oxygen atoms in total. The highest BCUT2D eigenvalue weighted by Gasteiger charge is 2.18. The zero-order valence-electron chi connectivity index (χ0n) is 12.9. The smallest absolute Gasteiger partial charge is 0.0798 e. The van der Waals surface area contributed by atoms with Gasteiger partial charge < -0.3 is 9.84 Å². The summed E-state index contributed by atoms with van der Waals surface area (Å²) in [4.78, 5) is 0. The Morgan fingerprint density at radius 2 is 1.89 bits per heavy atom. The highest BCUT2D eigenvalue weighted by atomic mass is 16.5. The third-order valence-electron chi connectivity index (χ3n) is 3.16. The molecule has 0 amide bonds. The first-order valence-electron chi connectivity index (χ1n) is 7.35.